The Bertz CT molecular complexity index is 931. The first-order valence-corrected chi connectivity index (χ1v) is 8.59. The average Bonchev–Trinajstić information content (AvgIpc) is 2.68. The molecular weight excluding hydrogens is 369 g/mol. The number of nitrogens with zero attached hydrogens (tertiary/aromatic N) is 2. The summed E-state index contributed by atoms with van der Waals surface area (Å²) in [5, 5.41) is 5.98. The van der Waals surface area contributed by atoms with Gasteiger partial charge in [-0.1, -0.05) is 24.3 Å². The normalized spacial score (nSPS) is 11.1. The molecule has 1 aromatic heterocycles. The summed E-state index contributed by atoms with van der Waals surface area (Å²) in [4.78, 5) is 8.34. The van der Waals surface area contributed by atoms with Crippen LogP contribution in [0.25, 0.3) is 0 Å². The van der Waals surface area contributed by atoms with Crippen LogP contribution in [0, 0.1) is 0 Å². The molecule has 8 heteroatoms. The van der Waals surface area contributed by atoms with Crippen LogP contribution in [-0.2, 0) is 12.6 Å². The fraction of sp³-hybridized carbons (Fsp3) is 0.200. The van der Waals surface area contributed by atoms with Crippen molar-refractivity contribution in [2.45, 2.75) is 12.6 Å². The summed E-state index contributed by atoms with van der Waals surface area (Å²) in [5.41, 5.74) is 0.596. The molecule has 0 spiro atoms. The number of aromatic nitrogens is 2. The third kappa shape index (κ3) is 5.12. The number of methoxy groups -OCH3 is 1. The van der Waals surface area contributed by atoms with Crippen LogP contribution in [0.1, 0.15) is 11.1 Å². The Morgan fingerprint density at radius 1 is 1.04 bits per heavy atom. The first-order valence-electron chi connectivity index (χ1n) is 8.59. The maximum atomic E-state index is 12.8. The van der Waals surface area contributed by atoms with E-state index in [0.717, 1.165) is 29.9 Å². The van der Waals surface area contributed by atoms with Crippen LogP contribution in [0.5, 0.6) is 5.75 Å². The standard InChI is InChI=1S/C20H19F3N4O/c1-28-17-8-3-2-5-14(17)9-11-24-18-10-12-25-19(27-18)26-16-7-4-6-15(13-16)20(21,22)23/h2-8,10,12-13H,9,11H2,1H3,(H2,24,25,26,27). The van der Waals surface area contributed by atoms with Crippen LogP contribution in [0.2, 0.25) is 0 Å². The maximum absolute atomic E-state index is 12.8. The highest BCUT2D eigenvalue weighted by atomic mass is 19.4. The molecule has 3 aromatic rings. The lowest BCUT2D eigenvalue weighted by atomic mass is 10.1. The molecule has 0 unspecified atom stereocenters. The molecule has 0 radical (unpaired) electrons. The fourth-order valence-corrected chi connectivity index (χ4v) is 2.65. The van der Waals surface area contributed by atoms with Gasteiger partial charge in [-0.3, -0.25) is 0 Å². The molecule has 0 amide bonds. The number of halogens is 3. The highest BCUT2D eigenvalue weighted by Crippen LogP contribution is 2.31. The van der Waals surface area contributed by atoms with Gasteiger partial charge in [-0.15, -0.1) is 0 Å². The van der Waals surface area contributed by atoms with Gasteiger partial charge >= 0.3 is 6.18 Å². The number of hydrogen-bond acceptors (Lipinski definition) is 5. The zero-order chi connectivity index (χ0) is 20.0. The van der Waals surface area contributed by atoms with Crippen molar-refractivity contribution in [2.75, 3.05) is 24.3 Å². The van der Waals surface area contributed by atoms with E-state index in [1.165, 1.54) is 18.3 Å². The third-order valence-corrected chi connectivity index (χ3v) is 3.99. The zero-order valence-corrected chi connectivity index (χ0v) is 15.1. The molecule has 5 nitrogen and oxygen atoms in total. The van der Waals surface area contributed by atoms with E-state index in [9.17, 15) is 13.2 Å². The van der Waals surface area contributed by atoms with Gasteiger partial charge in [-0.2, -0.15) is 18.2 Å². The van der Waals surface area contributed by atoms with Crippen molar-refractivity contribution in [2.24, 2.45) is 0 Å². The minimum atomic E-state index is -4.40. The van der Waals surface area contributed by atoms with E-state index < -0.39 is 11.7 Å². The van der Waals surface area contributed by atoms with Crippen molar-refractivity contribution >= 4 is 17.5 Å². The van der Waals surface area contributed by atoms with Crippen LogP contribution >= 0.6 is 0 Å². The van der Waals surface area contributed by atoms with Crippen LogP contribution in [0.15, 0.2) is 60.8 Å². The molecule has 28 heavy (non-hydrogen) atoms. The van der Waals surface area contributed by atoms with Crippen molar-refractivity contribution in [3.8, 4) is 5.75 Å². The molecule has 0 atom stereocenters. The van der Waals surface area contributed by atoms with E-state index in [2.05, 4.69) is 20.6 Å². The lowest BCUT2D eigenvalue weighted by Gasteiger charge is -2.11. The Kier molecular flexibility index (Phi) is 5.98. The molecule has 0 aliphatic heterocycles. The van der Waals surface area contributed by atoms with Gasteiger partial charge < -0.3 is 15.4 Å². The minimum absolute atomic E-state index is 0.210. The summed E-state index contributed by atoms with van der Waals surface area (Å²) in [6.45, 7) is 0.611. The second kappa shape index (κ2) is 8.60. The summed E-state index contributed by atoms with van der Waals surface area (Å²) in [6.07, 6.45) is -2.14. The van der Waals surface area contributed by atoms with Gasteiger partial charge in [0.25, 0.3) is 0 Å². The summed E-state index contributed by atoms with van der Waals surface area (Å²) in [6, 6.07) is 14.3. The van der Waals surface area contributed by atoms with Crippen LogP contribution in [0.3, 0.4) is 0 Å². The number of benzene rings is 2. The quantitative estimate of drug-likeness (QED) is 0.603. The molecule has 0 fully saturated rings. The zero-order valence-electron chi connectivity index (χ0n) is 15.1. The summed E-state index contributed by atoms with van der Waals surface area (Å²) >= 11 is 0. The van der Waals surface area contributed by atoms with Gasteiger partial charge in [0.1, 0.15) is 11.6 Å². The SMILES string of the molecule is COc1ccccc1CCNc1ccnc(Nc2cccc(C(F)(F)F)c2)n1. The number of anilines is 3. The second-order valence-electron chi connectivity index (χ2n) is 5.96. The van der Waals surface area contributed by atoms with Crippen molar-refractivity contribution < 1.29 is 17.9 Å². The van der Waals surface area contributed by atoms with Crippen molar-refractivity contribution in [1.82, 2.24) is 9.97 Å². The average molecular weight is 388 g/mol. The summed E-state index contributed by atoms with van der Waals surface area (Å²) in [7, 11) is 1.63. The first kappa shape index (κ1) is 19.5. The van der Waals surface area contributed by atoms with Gasteiger partial charge in [0.05, 0.1) is 12.7 Å². The fourth-order valence-electron chi connectivity index (χ4n) is 2.65. The molecule has 0 bridgehead atoms. The highest BCUT2D eigenvalue weighted by molar-refractivity contribution is 5.56. The molecule has 0 aliphatic carbocycles. The number of hydrogen-bond donors (Lipinski definition) is 2. The van der Waals surface area contributed by atoms with E-state index >= 15 is 0 Å². The molecular formula is C20H19F3N4O. The van der Waals surface area contributed by atoms with E-state index in [0.29, 0.717) is 12.4 Å². The largest absolute Gasteiger partial charge is 0.496 e. The van der Waals surface area contributed by atoms with Gasteiger partial charge in [0.15, 0.2) is 0 Å². The number of nitrogens with one attached hydrogen (secondary N) is 2. The Morgan fingerprint density at radius 3 is 2.64 bits per heavy atom. The lowest BCUT2D eigenvalue weighted by molar-refractivity contribution is -0.137. The van der Waals surface area contributed by atoms with E-state index in [1.807, 2.05) is 24.3 Å². The second-order valence-corrected chi connectivity index (χ2v) is 5.96. The van der Waals surface area contributed by atoms with Gasteiger partial charge in [-0.25, -0.2) is 4.98 Å². The molecule has 1 heterocycles. The Balaban J connectivity index is 1.63. The molecule has 2 N–H and O–H groups in total. The number of para-hydroxylation sites is 1. The lowest BCUT2D eigenvalue weighted by Crippen LogP contribution is -2.09. The van der Waals surface area contributed by atoms with Crippen molar-refractivity contribution in [1.29, 1.82) is 0 Å². The number of ether oxygens (including phenoxy) is 1. The Hall–Kier alpha value is -3.29. The highest BCUT2D eigenvalue weighted by Gasteiger charge is 2.30. The Morgan fingerprint density at radius 2 is 1.86 bits per heavy atom. The predicted molar refractivity (Wildman–Crippen MR) is 102 cm³/mol. The van der Waals surface area contributed by atoms with Crippen molar-refractivity contribution in [3.05, 3.63) is 71.9 Å². The van der Waals surface area contributed by atoms with E-state index in [-0.39, 0.29) is 11.6 Å². The molecule has 146 valence electrons. The molecule has 0 saturated heterocycles. The molecule has 3 rings (SSSR count). The van der Waals surface area contributed by atoms with Crippen molar-refractivity contribution in [3.63, 3.8) is 0 Å². The van der Waals surface area contributed by atoms with Crippen LogP contribution in [0.4, 0.5) is 30.6 Å². The number of rotatable bonds is 7. The van der Waals surface area contributed by atoms with Crippen LogP contribution in [-0.4, -0.2) is 23.6 Å². The van der Waals surface area contributed by atoms with Gasteiger partial charge in [-0.05, 0) is 42.3 Å². The van der Waals surface area contributed by atoms with Crippen LogP contribution < -0.4 is 15.4 Å². The van der Waals surface area contributed by atoms with Gasteiger partial charge in [0, 0.05) is 18.4 Å². The van der Waals surface area contributed by atoms with Gasteiger partial charge in [0.2, 0.25) is 5.95 Å². The topological polar surface area (TPSA) is 59.1 Å². The molecule has 0 saturated carbocycles. The Labute approximate surface area is 160 Å². The molecule has 0 aliphatic rings. The van der Waals surface area contributed by atoms with E-state index in [4.69, 9.17) is 4.74 Å². The summed E-state index contributed by atoms with van der Waals surface area (Å²) in [5.74, 6) is 1.60. The molecule has 2 aromatic carbocycles. The smallest absolute Gasteiger partial charge is 0.416 e. The predicted octanol–water partition coefficient (Wildman–Crippen LogP) is 4.90. The monoisotopic (exact) mass is 388 g/mol. The first-order chi connectivity index (χ1) is 13.5. The number of alkyl halides is 3. The summed E-state index contributed by atoms with van der Waals surface area (Å²) < 4.78 is 43.8. The maximum Gasteiger partial charge on any atom is 0.416 e. The van der Waals surface area contributed by atoms with E-state index in [1.54, 1.807) is 13.2 Å². The third-order valence-electron chi connectivity index (χ3n) is 3.99. The minimum Gasteiger partial charge on any atom is -0.496 e.